The van der Waals surface area contributed by atoms with E-state index >= 15 is 0 Å². The lowest BCUT2D eigenvalue weighted by Crippen LogP contribution is -2.57. The Hall–Kier alpha value is -3.80. The molecule has 5 aromatic rings. The van der Waals surface area contributed by atoms with Crippen molar-refractivity contribution in [3.05, 3.63) is 156 Å². The zero-order chi connectivity index (χ0) is 27.7. The van der Waals surface area contributed by atoms with Gasteiger partial charge in [0.25, 0.3) is 0 Å². The molecular weight excluding hydrogens is 506 g/mol. The maximum absolute atomic E-state index is 6.75. The summed E-state index contributed by atoms with van der Waals surface area (Å²) in [5.74, 6) is 0. The highest BCUT2D eigenvalue weighted by atomic mass is 16.6. The van der Waals surface area contributed by atoms with Crippen molar-refractivity contribution in [1.82, 2.24) is 4.90 Å². The molecule has 1 fully saturated rings. The first-order valence-electron chi connectivity index (χ1n) is 14.5. The Morgan fingerprint density at radius 1 is 0.512 bits per heavy atom. The Kier molecular flexibility index (Phi) is 9.15. The molecule has 0 radical (unpaired) electrons. The van der Waals surface area contributed by atoms with Crippen molar-refractivity contribution in [2.75, 3.05) is 6.54 Å². The van der Waals surface area contributed by atoms with Gasteiger partial charge in [0.05, 0.1) is 25.9 Å². The van der Waals surface area contributed by atoms with Gasteiger partial charge in [0.1, 0.15) is 12.3 Å². The number of hydrogen-bond donors (Lipinski definition) is 0. The van der Waals surface area contributed by atoms with Crippen LogP contribution in [-0.2, 0) is 40.6 Å². The summed E-state index contributed by atoms with van der Waals surface area (Å²) in [6.45, 7) is 3.20. The van der Waals surface area contributed by atoms with Crippen molar-refractivity contribution >= 4 is 10.8 Å². The Balaban J connectivity index is 1.26. The molecule has 0 aromatic heterocycles. The summed E-state index contributed by atoms with van der Waals surface area (Å²) in [5.41, 5.74) is 4.71. The fourth-order valence-corrected chi connectivity index (χ4v) is 5.58. The average molecular weight is 544 g/mol. The van der Waals surface area contributed by atoms with E-state index in [1.807, 2.05) is 18.2 Å². The van der Waals surface area contributed by atoms with Gasteiger partial charge in [-0.05, 0) is 45.5 Å². The molecule has 4 nitrogen and oxygen atoms in total. The number of ether oxygens (including phenoxy) is 3. The lowest BCUT2D eigenvalue weighted by Gasteiger charge is -2.44. The second kappa shape index (κ2) is 13.7. The molecule has 1 aliphatic heterocycles. The third kappa shape index (κ3) is 7.29. The smallest absolute Gasteiger partial charge is 0.140 e. The Morgan fingerprint density at radius 2 is 1.05 bits per heavy atom. The predicted octanol–water partition coefficient (Wildman–Crippen LogP) is 7.76. The molecule has 208 valence electrons. The highest BCUT2D eigenvalue weighted by molar-refractivity contribution is 5.82. The summed E-state index contributed by atoms with van der Waals surface area (Å²) >= 11 is 0. The molecule has 41 heavy (non-hydrogen) atoms. The normalized spacial score (nSPS) is 19.4. The third-order valence-electron chi connectivity index (χ3n) is 7.76. The fourth-order valence-electron chi connectivity index (χ4n) is 5.58. The van der Waals surface area contributed by atoms with E-state index in [0.29, 0.717) is 19.8 Å². The van der Waals surface area contributed by atoms with Crippen molar-refractivity contribution in [2.45, 2.75) is 51.2 Å². The maximum Gasteiger partial charge on any atom is 0.140 e. The maximum atomic E-state index is 6.75. The molecular formula is C37H37NO3. The molecule has 1 saturated heterocycles. The first-order valence-corrected chi connectivity index (χ1v) is 14.5. The average Bonchev–Trinajstić information content (AvgIpc) is 3.04. The van der Waals surface area contributed by atoms with Crippen LogP contribution in [0.5, 0.6) is 0 Å². The molecule has 6 rings (SSSR count). The highest BCUT2D eigenvalue weighted by Crippen LogP contribution is 2.29. The topological polar surface area (TPSA) is 30.9 Å². The van der Waals surface area contributed by atoms with E-state index in [0.717, 1.165) is 36.2 Å². The Labute approximate surface area is 243 Å². The molecule has 3 unspecified atom stereocenters. The third-order valence-corrected chi connectivity index (χ3v) is 7.76. The van der Waals surface area contributed by atoms with Crippen LogP contribution in [0.4, 0.5) is 0 Å². The van der Waals surface area contributed by atoms with Gasteiger partial charge in [-0.2, -0.15) is 0 Å². The summed E-state index contributed by atoms with van der Waals surface area (Å²) in [4.78, 5) is 2.42. The van der Waals surface area contributed by atoms with Crippen molar-refractivity contribution in [3.8, 4) is 0 Å². The Bertz CT molecular complexity index is 1490. The van der Waals surface area contributed by atoms with Gasteiger partial charge in [-0.1, -0.05) is 127 Å². The lowest BCUT2D eigenvalue weighted by atomic mass is 10.00. The van der Waals surface area contributed by atoms with Crippen LogP contribution in [0.1, 0.15) is 28.7 Å². The van der Waals surface area contributed by atoms with Crippen LogP contribution in [0.2, 0.25) is 0 Å². The second-order valence-electron chi connectivity index (χ2n) is 10.7. The van der Waals surface area contributed by atoms with Crippen LogP contribution < -0.4 is 0 Å². The molecule has 3 atom stereocenters. The van der Waals surface area contributed by atoms with E-state index < -0.39 is 0 Å². The predicted molar refractivity (Wildman–Crippen MR) is 164 cm³/mol. The zero-order valence-electron chi connectivity index (χ0n) is 23.3. The minimum absolute atomic E-state index is 0.0902. The minimum atomic E-state index is -0.264. The van der Waals surface area contributed by atoms with Crippen LogP contribution >= 0.6 is 0 Å². The van der Waals surface area contributed by atoms with Crippen molar-refractivity contribution in [3.63, 3.8) is 0 Å². The molecule has 1 aliphatic rings. The minimum Gasteiger partial charge on any atom is -0.371 e. The second-order valence-corrected chi connectivity index (χ2v) is 10.7. The van der Waals surface area contributed by atoms with E-state index in [4.69, 9.17) is 14.2 Å². The van der Waals surface area contributed by atoms with Gasteiger partial charge < -0.3 is 14.2 Å². The van der Waals surface area contributed by atoms with Gasteiger partial charge in [0.15, 0.2) is 0 Å². The standard InChI is InChI=1S/C37H37NO3/c1-4-12-29(13-5-1)26-39-35-22-23-38(25-32-20-21-33-18-10-11-19-34(33)24-32)37(41-28-31-16-8-3-9-17-31)36(35)40-27-30-14-6-2-7-15-30/h1-21,24,35-37H,22-23,25-28H2. The molecule has 0 aliphatic carbocycles. The van der Waals surface area contributed by atoms with E-state index in [9.17, 15) is 0 Å². The SMILES string of the molecule is c1ccc(COC2CCN(Cc3ccc4ccccc4c3)C(OCc3ccccc3)C2OCc2ccccc2)cc1. The van der Waals surface area contributed by atoms with Gasteiger partial charge >= 0.3 is 0 Å². The molecule has 0 N–H and O–H groups in total. The number of likely N-dealkylation sites (tertiary alicyclic amines) is 1. The fraction of sp³-hybridized carbons (Fsp3) is 0.243. The summed E-state index contributed by atoms with van der Waals surface area (Å²) in [5, 5.41) is 2.51. The number of hydrogen-bond acceptors (Lipinski definition) is 4. The summed E-state index contributed by atoms with van der Waals surface area (Å²) in [7, 11) is 0. The molecule has 4 heteroatoms. The van der Waals surface area contributed by atoms with Crippen LogP contribution in [0.15, 0.2) is 133 Å². The number of fused-ring (bicyclic) bond motifs is 1. The summed E-state index contributed by atoms with van der Waals surface area (Å²) < 4.78 is 20.0. The van der Waals surface area contributed by atoms with Crippen LogP contribution in [-0.4, -0.2) is 29.9 Å². The molecule has 0 bridgehead atoms. The molecule has 5 aromatic carbocycles. The monoisotopic (exact) mass is 543 g/mol. The quantitative estimate of drug-likeness (QED) is 0.170. The van der Waals surface area contributed by atoms with Gasteiger partial charge in [0, 0.05) is 13.1 Å². The molecule has 0 amide bonds. The van der Waals surface area contributed by atoms with E-state index in [1.54, 1.807) is 0 Å². The summed E-state index contributed by atoms with van der Waals surface area (Å²) in [6.07, 6.45) is 0.259. The first-order chi connectivity index (χ1) is 20.3. The number of piperidine rings is 1. The van der Waals surface area contributed by atoms with Gasteiger partial charge in [-0.15, -0.1) is 0 Å². The number of rotatable bonds is 11. The zero-order valence-corrected chi connectivity index (χ0v) is 23.3. The van der Waals surface area contributed by atoms with E-state index in [-0.39, 0.29) is 18.4 Å². The molecule has 1 heterocycles. The van der Waals surface area contributed by atoms with Crippen LogP contribution in [0.25, 0.3) is 10.8 Å². The van der Waals surface area contributed by atoms with E-state index in [1.165, 1.54) is 16.3 Å². The van der Waals surface area contributed by atoms with Crippen molar-refractivity contribution in [2.24, 2.45) is 0 Å². The largest absolute Gasteiger partial charge is 0.371 e. The van der Waals surface area contributed by atoms with Crippen LogP contribution in [0, 0.1) is 0 Å². The molecule has 0 saturated carbocycles. The molecule has 0 spiro atoms. The highest BCUT2D eigenvalue weighted by Gasteiger charge is 2.40. The van der Waals surface area contributed by atoms with Gasteiger partial charge in [0.2, 0.25) is 0 Å². The van der Waals surface area contributed by atoms with E-state index in [2.05, 4.69) is 120 Å². The van der Waals surface area contributed by atoms with Crippen molar-refractivity contribution in [1.29, 1.82) is 0 Å². The number of benzene rings is 5. The lowest BCUT2D eigenvalue weighted by molar-refractivity contribution is -0.223. The van der Waals surface area contributed by atoms with Gasteiger partial charge in [-0.3, -0.25) is 4.90 Å². The van der Waals surface area contributed by atoms with Crippen LogP contribution in [0.3, 0.4) is 0 Å². The first kappa shape index (κ1) is 27.4. The number of nitrogens with zero attached hydrogens (tertiary/aromatic N) is 1. The van der Waals surface area contributed by atoms with Crippen molar-refractivity contribution < 1.29 is 14.2 Å². The summed E-state index contributed by atoms with van der Waals surface area (Å²) in [6, 6.07) is 46.4. The van der Waals surface area contributed by atoms with Gasteiger partial charge in [-0.25, -0.2) is 0 Å². The Morgan fingerprint density at radius 3 is 1.68 bits per heavy atom.